The second-order valence-corrected chi connectivity index (χ2v) is 21.4. The largest absolute Gasteiger partial charge is 0.466 e. The summed E-state index contributed by atoms with van der Waals surface area (Å²) in [5.74, 6) is -0.0858. The number of nitrogens with one attached hydrogen (secondary N) is 1. The molecule has 0 spiro atoms. The van der Waals surface area contributed by atoms with Crippen LogP contribution in [0.2, 0.25) is 0 Å². The maximum atomic E-state index is 12.5. The van der Waals surface area contributed by atoms with Crippen molar-refractivity contribution in [3.63, 3.8) is 0 Å². The van der Waals surface area contributed by atoms with E-state index >= 15 is 0 Å². The maximum absolute atomic E-state index is 12.5. The van der Waals surface area contributed by atoms with Gasteiger partial charge >= 0.3 is 5.97 Å². The van der Waals surface area contributed by atoms with Gasteiger partial charge < -0.3 is 20.3 Å². The Balaban J connectivity index is 3.47. The molecule has 0 saturated carbocycles. The monoisotopic (exact) mass is 960 g/mol. The second-order valence-electron chi connectivity index (χ2n) is 21.4. The molecule has 2 unspecified atom stereocenters. The van der Waals surface area contributed by atoms with E-state index in [0.29, 0.717) is 25.9 Å². The third-order valence-corrected chi connectivity index (χ3v) is 14.6. The Morgan fingerprint density at radius 1 is 0.397 bits per heavy atom. The van der Waals surface area contributed by atoms with Gasteiger partial charge in [0.05, 0.1) is 25.4 Å². The number of esters is 1. The van der Waals surface area contributed by atoms with Gasteiger partial charge in [-0.05, 0) is 51.4 Å². The normalized spacial score (nSPS) is 12.6. The van der Waals surface area contributed by atoms with Gasteiger partial charge in [0.25, 0.3) is 0 Å². The van der Waals surface area contributed by atoms with Crippen LogP contribution in [0.5, 0.6) is 0 Å². The number of amides is 1. The van der Waals surface area contributed by atoms with E-state index in [4.69, 9.17) is 4.74 Å². The van der Waals surface area contributed by atoms with Gasteiger partial charge in [0, 0.05) is 12.8 Å². The number of unbranched alkanes of at least 4 members (excludes halogenated alkanes) is 45. The highest BCUT2D eigenvalue weighted by Crippen LogP contribution is 2.18. The number of ether oxygens (including phenoxy) is 1. The predicted molar refractivity (Wildman–Crippen MR) is 297 cm³/mol. The van der Waals surface area contributed by atoms with Gasteiger partial charge in [-0.2, -0.15) is 0 Å². The summed E-state index contributed by atoms with van der Waals surface area (Å²) >= 11 is 0. The number of carbonyl (C=O) groups is 2. The van der Waals surface area contributed by atoms with Crippen molar-refractivity contribution in [1.29, 1.82) is 0 Å². The van der Waals surface area contributed by atoms with Crippen molar-refractivity contribution in [2.75, 3.05) is 13.2 Å². The number of aliphatic hydroxyl groups excluding tert-OH is 2. The molecule has 0 aromatic heterocycles. The van der Waals surface area contributed by atoms with Gasteiger partial charge in [0.1, 0.15) is 0 Å². The van der Waals surface area contributed by atoms with Gasteiger partial charge in [-0.15, -0.1) is 0 Å². The number of carbonyl (C=O) groups excluding carboxylic acids is 2. The van der Waals surface area contributed by atoms with E-state index in [1.807, 2.05) is 0 Å². The molecule has 0 aromatic rings. The molecule has 6 heteroatoms. The molecule has 0 aliphatic carbocycles. The molecule has 2 atom stereocenters. The molecule has 0 aromatic carbocycles. The summed E-state index contributed by atoms with van der Waals surface area (Å²) in [5.41, 5.74) is 0. The van der Waals surface area contributed by atoms with Crippen LogP contribution in [0.25, 0.3) is 0 Å². The van der Waals surface area contributed by atoms with E-state index < -0.39 is 12.1 Å². The molecule has 3 N–H and O–H groups in total. The summed E-state index contributed by atoms with van der Waals surface area (Å²) in [6.45, 7) is 4.91. The van der Waals surface area contributed by atoms with E-state index in [-0.39, 0.29) is 18.5 Å². The van der Waals surface area contributed by atoms with Gasteiger partial charge in [0.2, 0.25) is 5.91 Å². The zero-order chi connectivity index (χ0) is 49.3. The van der Waals surface area contributed by atoms with E-state index in [2.05, 4.69) is 31.3 Å². The van der Waals surface area contributed by atoms with Crippen molar-refractivity contribution in [2.45, 2.75) is 360 Å². The Kier molecular flexibility index (Phi) is 57.0. The van der Waals surface area contributed by atoms with Crippen LogP contribution in [0, 0.1) is 0 Å². The van der Waals surface area contributed by atoms with Crippen LogP contribution in [-0.4, -0.2) is 47.4 Å². The van der Waals surface area contributed by atoms with E-state index in [1.165, 1.54) is 238 Å². The molecule has 0 rings (SSSR count). The molecule has 1 amide bonds. The summed E-state index contributed by atoms with van der Waals surface area (Å²) in [6.07, 6.45) is 69.3. The molecule has 0 fully saturated rings. The molecule has 0 saturated heterocycles. The van der Waals surface area contributed by atoms with Crippen molar-refractivity contribution in [3.8, 4) is 0 Å². The number of hydrogen-bond acceptors (Lipinski definition) is 5. The standard InChI is InChI=1S/C62H121NO5/c1-3-5-7-9-11-13-15-17-19-21-22-23-24-25-26-27-28-29-31-34-38-42-46-50-54-60(65)59(58-64)63-61(66)55-51-47-43-39-35-33-37-41-45-49-53-57-68-62(67)56-52-48-44-40-36-32-30-20-18-16-14-12-10-8-6-4-2/h37,41,59-60,64-65H,3-36,38-40,42-58H2,1-2H3,(H,63,66)/b41-37-. The van der Waals surface area contributed by atoms with E-state index in [9.17, 15) is 19.8 Å². The van der Waals surface area contributed by atoms with Gasteiger partial charge in [-0.3, -0.25) is 9.59 Å². The molecule has 6 nitrogen and oxygen atoms in total. The Morgan fingerprint density at radius 2 is 0.691 bits per heavy atom. The van der Waals surface area contributed by atoms with Crippen LogP contribution in [-0.2, 0) is 14.3 Å². The second kappa shape index (κ2) is 58.2. The molecular weight excluding hydrogens is 839 g/mol. The summed E-state index contributed by atoms with van der Waals surface area (Å²) in [4.78, 5) is 24.6. The van der Waals surface area contributed by atoms with Crippen molar-refractivity contribution in [1.82, 2.24) is 5.32 Å². The minimum Gasteiger partial charge on any atom is -0.466 e. The average molecular weight is 961 g/mol. The molecule has 404 valence electrons. The molecule has 0 aliphatic heterocycles. The maximum Gasteiger partial charge on any atom is 0.305 e. The molecule has 0 heterocycles. The first-order chi connectivity index (χ1) is 33.5. The number of aliphatic hydroxyl groups is 2. The Morgan fingerprint density at radius 3 is 1.04 bits per heavy atom. The van der Waals surface area contributed by atoms with Crippen LogP contribution in [0.15, 0.2) is 12.2 Å². The Hall–Kier alpha value is -1.40. The number of allylic oxidation sites excluding steroid dienone is 2. The molecule has 0 aliphatic rings. The Bertz CT molecular complexity index is 1020. The minimum absolute atomic E-state index is 0.0263. The Labute approximate surface area is 425 Å². The van der Waals surface area contributed by atoms with Crippen molar-refractivity contribution < 1.29 is 24.5 Å². The van der Waals surface area contributed by atoms with Crippen LogP contribution in [0.4, 0.5) is 0 Å². The molecular formula is C62H121NO5. The highest BCUT2D eigenvalue weighted by atomic mass is 16.5. The van der Waals surface area contributed by atoms with E-state index in [0.717, 1.165) is 77.0 Å². The lowest BCUT2D eigenvalue weighted by Gasteiger charge is -2.22. The van der Waals surface area contributed by atoms with Gasteiger partial charge in [0.15, 0.2) is 0 Å². The number of hydrogen-bond donors (Lipinski definition) is 3. The van der Waals surface area contributed by atoms with E-state index in [1.54, 1.807) is 0 Å². The topological polar surface area (TPSA) is 95.9 Å². The van der Waals surface area contributed by atoms with Crippen LogP contribution in [0.1, 0.15) is 348 Å². The lowest BCUT2D eigenvalue weighted by molar-refractivity contribution is -0.143. The zero-order valence-corrected chi connectivity index (χ0v) is 46.1. The summed E-state index contributed by atoms with van der Waals surface area (Å²) in [5, 5.41) is 23.4. The van der Waals surface area contributed by atoms with Crippen molar-refractivity contribution in [2.24, 2.45) is 0 Å². The molecule has 68 heavy (non-hydrogen) atoms. The third kappa shape index (κ3) is 53.9. The fourth-order valence-corrected chi connectivity index (χ4v) is 9.81. The predicted octanol–water partition coefficient (Wildman–Crippen LogP) is 19.2. The fraction of sp³-hybridized carbons (Fsp3) is 0.935. The smallest absolute Gasteiger partial charge is 0.305 e. The number of rotatable bonds is 58. The lowest BCUT2D eigenvalue weighted by Crippen LogP contribution is -2.45. The lowest BCUT2D eigenvalue weighted by atomic mass is 10.0. The highest BCUT2D eigenvalue weighted by molar-refractivity contribution is 5.76. The van der Waals surface area contributed by atoms with Gasteiger partial charge in [-0.25, -0.2) is 0 Å². The van der Waals surface area contributed by atoms with Crippen molar-refractivity contribution in [3.05, 3.63) is 12.2 Å². The first-order valence-electron chi connectivity index (χ1n) is 30.9. The first-order valence-corrected chi connectivity index (χ1v) is 30.9. The minimum atomic E-state index is -0.683. The molecule has 0 bridgehead atoms. The van der Waals surface area contributed by atoms with Crippen LogP contribution >= 0.6 is 0 Å². The summed E-state index contributed by atoms with van der Waals surface area (Å²) in [6, 6.07) is -0.563. The molecule has 0 radical (unpaired) electrons. The van der Waals surface area contributed by atoms with Crippen LogP contribution < -0.4 is 5.32 Å². The SMILES string of the molecule is CCCCCCCCCCCCCCCCCCCCCCCCCCC(O)C(CO)NC(=O)CCCCCCC/C=C\CCCCOC(=O)CCCCCCCCCCCCCCCCCC. The van der Waals surface area contributed by atoms with Crippen LogP contribution in [0.3, 0.4) is 0 Å². The van der Waals surface area contributed by atoms with Crippen molar-refractivity contribution >= 4 is 11.9 Å². The highest BCUT2D eigenvalue weighted by Gasteiger charge is 2.20. The zero-order valence-electron chi connectivity index (χ0n) is 46.1. The quantitative estimate of drug-likeness (QED) is 0.0321. The average Bonchev–Trinajstić information content (AvgIpc) is 3.34. The summed E-state index contributed by atoms with van der Waals surface area (Å²) in [7, 11) is 0. The first kappa shape index (κ1) is 66.6. The summed E-state index contributed by atoms with van der Waals surface area (Å²) < 4.78 is 5.46. The fourth-order valence-electron chi connectivity index (χ4n) is 9.81. The third-order valence-electron chi connectivity index (χ3n) is 14.6. The van der Waals surface area contributed by atoms with Gasteiger partial charge in [-0.1, -0.05) is 296 Å².